The molecular weight excluding hydrogens is 330 g/mol. The number of rotatable bonds is 14. The van der Waals surface area contributed by atoms with Crippen molar-refractivity contribution in [3.63, 3.8) is 0 Å². The van der Waals surface area contributed by atoms with Crippen LogP contribution in [0.2, 0.25) is 0 Å². The Morgan fingerprint density at radius 1 is 0.920 bits per heavy atom. The molecule has 0 unspecified atom stereocenters. The van der Waals surface area contributed by atoms with E-state index in [0.29, 0.717) is 12.6 Å². The second-order valence-corrected chi connectivity index (χ2v) is 5.97. The highest BCUT2D eigenvalue weighted by molar-refractivity contribution is 5.81. The van der Waals surface area contributed by atoms with Crippen molar-refractivity contribution in [3.8, 4) is 0 Å². The highest BCUT2D eigenvalue weighted by Crippen LogP contribution is 2.09. The number of oxime groups is 2. The van der Waals surface area contributed by atoms with Gasteiger partial charge in [-0.05, 0) is 6.42 Å². The standard InChI is InChI=1S/C16H31N3O6/c1-2-3-4-5-6-7-8-9-14(21)19-12(10-17-24)15(22)16(23)13(20)11-18-25/h10-13,15-16,20,22-25H,2-9H2,1H3,(H,19,21)/b17-10+,18-11+/t12-,13+,15+,16+/m0/s1. The van der Waals surface area contributed by atoms with Gasteiger partial charge in [0.05, 0.1) is 18.5 Å². The molecule has 9 heteroatoms. The van der Waals surface area contributed by atoms with Crippen molar-refractivity contribution in [1.29, 1.82) is 0 Å². The Bertz CT molecular complexity index is 405. The molecule has 0 bridgehead atoms. The first kappa shape index (κ1) is 23.3. The maximum Gasteiger partial charge on any atom is 0.220 e. The third-order valence-corrected chi connectivity index (χ3v) is 3.85. The molecule has 0 aliphatic carbocycles. The van der Waals surface area contributed by atoms with Gasteiger partial charge in [-0.2, -0.15) is 0 Å². The Morgan fingerprint density at radius 2 is 1.48 bits per heavy atom. The number of nitrogens with one attached hydrogen (secondary N) is 1. The lowest BCUT2D eigenvalue weighted by molar-refractivity contribution is -0.123. The summed E-state index contributed by atoms with van der Waals surface area (Å²) in [5.74, 6) is -0.366. The van der Waals surface area contributed by atoms with Crippen LogP contribution >= 0.6 is 0 Å². The number of nitrogens with zero attached hydrogens (tertiary/aromatic N) is 2. The summed E-state index contributed by atoms with van der Waals surface area (Å²) in [6, 6.07) is -1.20. The number of aliphatic hydroxyl groups excluding tert-OH is 3. The first-order chi connectivity index (χ1) is 12.0. The second-order valence-electron chi connectivity index (χ2n) is 5.97. The van der Waals surface area contributed by atoms with Crippen molar-refractivity contribution in [2.24, 2.45) is 10.3 Å². The van der Waals surface area contributed by atoms with E-state index in [9.17, 15) is 20.1 Å². The van der Waals surface area contributed by atoms with E-state index in [0.717, 1.165) is 25.5 Å². The Labute approximate surface area is 148 Å². The molecule has 0 aliphatic rings. The summed E-state index contributed by atoms with van der Waals surface area (Å²) in [5.41, 5.74) is 0. The zero-order chi connectivity index (χ0) is 19.1. The summed E-state index contributed by atoms with van der Waals surface area (Å²) >= 11 is 0. The summed E-state index contributed by atoms with van der Waals surface area (Å²) in [4.78, 5) is 11.9. The number of hydrogen-bond donors (Lipinski definition) is 6. The minimum absolute atomic E-state index is 0.243. The van der Waals surface area contributed by atoms with Crippen molar-refractivity contribution in [1.82, 2.24) is 5.32 Å². The largest absolute Gasteiger partial charge is 0.411 e. The molecule has 0 rings (SSSR count). The van der Waals surface area contributed by atoms with E-state index in [4.69, 9.17) is 10.4 Å². The first-order valence-electron chi connectivity index (χ1n) is 8.66. The normalized spacial score (nSPS) is 16.8. The van der Waals surface area contributed by atoms with Gasteiger partial charge in [0.15, 0.2) is 0 Å². The average molecular weight is 361 g/mol. The molecule has 0 fully saturated rings. The monoisotopic (exact) mass is 361 g/mol. The van der Waals surface area contributed by atoms with Gasteiger partial charge >= 0.3 is 0 Å². The Kier molecular flexibility index (Phi) is 13.6. The molecule has 146 valence electrons. The SMILES string of the molecule is CCCCCCCCCC(=O)N[C@@H](/C=N/O)[C@@H](O)[C@H](O)[C@H](O)/C=N/O. The van der Waals surface area contributed by atoms with Crippen LogP contribution in [0.25, 0.3) is 0 Å². The summed E-state index contributed by atoms with van der Waals surface area (Å²) in [6.07, 6.45) is 4.10. The van der Waals surface area contributed by atoms with Crippen LogP contribution in [0.15, 0.2) is 10.3 Å². The van der Waals surface area contributed by atoms with Crippen molar-refractivity contribution < 1.29 is 30.5 Å². The maximum atomic E-state index is 11.9. The smallest absolute Gasteiger partial charge is 0.220 e. The van der Waals surface area contributed by atoms with E-state index in [1.165, 1.54) is 19.3 Å². The van der Waals surface area contributed by atoms with Crippen LogP contribution in [0.3, 0.4) is 0 Å². The molecule has 0 saturated heterocycles. The van der Waals surface area contributed by atoms with Gasteiger partial charge in [0.25, 0.3) is 0 Å². The van der Waals surface area contributed by atoms with Crippen LogP contribution in [0.5, 0.6) is 0 Å². The molecule has 0 aliphatic heterocycles. The van der Waals surface area contributed by atoms with Crippen LogP contribution in [0, 0.1) is 0 Å². The van der Waals surface area contributed by atoms with Crippen molar-refractivity contribution in [2.75, 3.05) is 0 Å². The van der Waals surface area contributed by atoms with E-state index >= 15 is 0 Å². The molecule has 1 amide bonds. The van der Waals surface area contributed by atoms with Crippen LogP contribution < -0.4 is 5.32 Å². The molecule has 25 heavy (non-hydrogen) atoms. The van der Waals surface area contributed by atoms with Gasteiger partial charge in [-0.25, -0.2) is 0 Å². The van der Waals surface area contributed by atoms with Crippen molar-refractivity contribution >= 4 is 18.3 Å². The van der Waals surface area contributed by atoms with Crippen LogP contribution in [0.4, 0.5) is 0 Å². The molecule has 0 spiro atoms. The number of amides is 1. The first-order valence-corrected chi connectivity index (χ1v) is 8.66. The van der Waals surface area contributed by atoms with Crippen molar-refractivity contribution in [2.45, 2.75) is 82.6 Å². The lowest BCUT2D eigenvalue weighted by Gasteiger charge is -2.26. The number of unbranched alkanes of at least 4 members (excludes halogenated alkanes) is 6. The van der Waals surface area contributed by atoms with Crippen LogP contribution in [0.1, 0.15) is 58.3 Å². The third kappa shape index (κ3) is 10.7. The molecule has 0 saturated carbocycles. The van der Waals surface area contributed by atoms with Gasteiger partial charge in [0.2, 0.25) is 5.91 Å². The van der Waals surface area contributed by atoms with E-state index in [1.807, 2.05) is 0 Å². The predicted molar refractivity (Wildman–Crippen MR) is 93.1 cm³/mol. The van der Waals surface area contributed by atoms with Gasteiger partial charge in [-0.3, -0.25) is 4.79 Å². The highest BCUT2D eigenvalue weighted by Gasteiger charge is 2.31. The summed E-state index contributed by atoms with van der Waals surface area (Å²) in [5, 5.41) is 53.9. The minimum Gasteiger partial charge on any atom is -0.411 e. The molecule has 0 aromatic heterocycles. The summed E-state index contributed by atoms with van der Waals surface area (Å²) < 4.78 is 0. The van der Waals surface area contributed by atoms with Gasteiger partial charge in [-0.15, -0.1) is 0 Å². The van der Waals surface area contributed by atoms with Gasteiger partial charge in [-0.1, -0.05) is 55.8 Å². The fourth-order valence-corrected chi connectivity index (χ4v) is 2.35. The molecule has 4 atom stereocenters. The molecule has 6 N–H and O–H groups in total. The van der Waals surface area contributed by atoms with Gasteiger partial charge in [0.1, 0.15) is 18.3 Å². The number of carbonyl (C=O) groups excluding carboxylic acids is 1. The predicted octanol–water partition coefficient (Wildman–Crippen LogP) is 0.615. The van der Waals surface area contributed by atoms with Gasteiger partial charge in [0, 0.05) is 6.42 Å². The second kappa shape index (κ2) is 14.6. The Morgan fingerprint density at radius 3 is 2.04 bits per heavy atom. The Balaban J connectivity index is 4.30. The lowest BCUT2D eigenvalue weighted by Crippen LogP contribution is -2.53. The van der Waals surface area contributed by atoms with Crippen molar-refractivity contribution in [3.05, 3.63) is 0 Å². The molecule has 0 aromatic rings. The molecule has 9 nitrogen and oxygen atoms in total. The van der Waals surface area contributed by atoms with E-state index in [2.05, 4.69) is 22.6 Å². The summed E-state index contributed by atoms with van der Waals surface area (Å²) in [6.45, 7) is 2.15. The quantitative estimate of drug-likeness (QED) is 0.115. The molecule has 0 radical (unpaired) electrons. The average Bonchev–Trinajstić information content (AvgIpc) is 2.59. The number of hydrogen-bond acceptors (Lipinski definition) is 8. The van der Waals surface area contributed by atoms with E-state index < -0.39 is 24.4 Å². The number of aliphatic hydroxyl groups is 3. The maximum absolute atomic E-state index is 11.9. The third-order valence-electron chi connectivity index (χ3n) is 3.85. The topological polar surface area (TPSA) is 155 Å². The van der Waals surface area contributed by atoms with E-state index in [1.54, 1.807) is 0 Å². The fraction of sp³-hybridized carbons (Fsp3) is 0.812. The zero-order valence-electron chi connectivity index (χ0n) is 14.7. The number of carbonyl (C=O) groups is 1. The summed E-state index contributed by atoms with van der Waals surface area (Å²) in [7, 11) is 0. The molecular formula is C16H31N3O6. The zero-order valence-corrected chi connectivity index (χ0v) is 14.7. The Hall–Kier alpha value is -1.71. The lowest BCUT2D eigenvalue weighted by atomic mass is 10.0. The minimum atomic E-state index is -1.74. The molecule has 0 heterocycles. The van der Waals surface area contributed by atoms with Crippen LogP contribution in [-0.4, -0.2) is 68.4 Å². The van der Waals surface area contributed by atoms with Crippen LogP contribution in [-0.2, 0) is 4.79 Å². The molecule has 0 aromatic carbocycles. The fourth-order valence-electron chi connectivity index (χ4n) is 2.35. The highest BCUT2D eigenvalue weighted by atomic mass is 16.4. The van der Waals surface area contributed by atoms with E-state index in [-0.39, 0.29) is 12.3 Å². The van der Waals surface area contributed by atoms with Gasteiger partial charge < -0.3 is 31.1 Å².